The van der Waals surface area contributed by atoms with Gasteiger partial charge in [0, 0.05) is 6.04 Å². The molecule has 0 radical (unpaired) electrons. The highest BCUT2D eigenvalue weighted by atomic mass is 16.5. The number of ether oxygens (including phenoxy) is 2. The summed E-state index contributed by atoms with van der Waals surface area (Å²) in [6.07, 6.45) is 3.27. The molecular weight excluding hydrogens is 254 g/mol. The fourth-order valence-corrected chi connectivity index (χ4v) is 2.91. The Bertz CT molecular complexity index is 535. The zero-order valence-electron chi connectivity index (χ0n) is 11.8. The van der Waals surface area contributed by atoms with E-state index in [0.29, 0.717) is 17.6 Å². The Labute approximate surface area is 119 Å². The second-order valence-electron chi connectivity index (χ2n) is 5.39. The molecule has 0 saturated carbocycles. The van der Waals surface area contributed by atoms with E-state index in [1.54, 1.807) is 0 Å². The van der Waals surface area contributed by atoms with Gasteiger partial charge in [0.25, 0.3) is 0 Å². The number of nitrogens with zero attached hydrogens (tertiary/aromatic N) is 1. The van der Waals surface area contributed by atoms with E-state index >= 15 is 0 Å². The number of rotatable bonds is 2. The van der Waals surface area contributed by atoms with Crippen LogP contribution < -0.4 is 0 Å². The first-order valence-corrected chi connectivity index (χ1v) is 6.88. The third-order valence-corrected chi connectivity index (χ3v) is 4.22. The molecule has 0 N–H and O–H groups in total. The number of likely N-dealkylation sites (N-methyl/N-ethyl adjacent to an activating group) is 1. The largest absolute Gasteiger partial charge is 0.465 e. The normalized spacial score (nSPS) is 26.0. The molecular formula is C16H19NO3. The number of carbonyl (C=O) groups is 1. The molecule has 0 amide bonds. The van der Waals surface area contributed by atoms with Crippen LogP contribution in [0.25, 0.3) is 5.57 Å². The van der Waals surface area contributed by atoms with Gasteiger partial charge in [-0.25, -0.2) is 4.79 Å². The maximum atomic E-state index is 11.4. The fraction of sp³-hybridized carbons (Fsp3) is 0.438. The van der Waals surface area contributed by atoms with Crippen molar-refractivity contribution in [2.75, 3.05) is 27.4 Å². The van der Waals surface area contributed by atoms with Crippen LogP contribution in [0.5, 0.6) is 0 Å². The minimum absolute atomic E-state index is 0.292. The Morgan fingerprint density at radius 2 is 2.05 bits per heavy atom. The standard InChI is InChI=1S/C16H19NO3/c1-17-14-7-13(8-15(17)10-20-9-14)11-3-5-12(6-4-11)16(18)19-2/h3-7,14-15H,8-10H2,1-2H3. The summed E-state index contributed by atoms with van der Waals surface area (Å²) in [7, 11) is 3.56. The number of carbonyl (C=O) groups excluding carboxylic acids is 1. The number of esters is 1. The predicted octanol–water partition coefficient (Wildman–Crippen LogP) is 1.96. The lowest BCUT2D eigenvalue weighted by atomic mass is 9.90. The van der Waals surface area contributed by atoms with Crippen LogP contribution in [0.3, 0.4) is 0 Å². The predicted molar refractivity (Wildman–Crippen MR) is 76.5 cm³/mol. The summed E-state index contributed by atoms with van der Waals surface area (Å²) in [4.78, 5) is 13.8. The number of hydrogen-bond acceptors (Lipinski definition) is 4. The Kier molecular flexibility index (Phi) is 3.59. The Balaban J connectivity index is 1.84. The first kappa shape index (κ1) is 13.3. The molecule has 2 aliphatic rings. The SMILES string of the molecule is COC(=O)c1ccc(C2=CC3COCC(C2)N3C)cc1. The van der Waals surface area contributed by atoms with Crippen molar-refractivity contribution in [1.29, 1.82) is 0 Å². The fourth-order valence-electron chi connectivity index (χ4n) is 2.91. The van der Waals surface area contributed by atoms with E-state index in [0.717, 1.165) is 19.6 Å². The molecule has 0 aliphatic carbocycles. The molecule has 2 heterocycles. The van der Waals surface area contributed by atoms with E-state index in [1.807, 2.05) is 24.3 Å². The third kappa shape index (κ3) is 2.37. The van der Waals surface area contributed by atoms with Gasteiger partial charge in [-0.15, -0.1) is 0 Å². The Hall–Kier alpha value is -1.65. The van der Waals surface area contributed by atoms with E-state index in [2.05, 4.69) is 18.0 Å². The lowest BCUT2D eigenvalue weighted by Crippen LogP contribution is -2.51. The molecule has 2 atom stereocenters. The van der Waals surface area contributed by atoms with E-state index in [9.17, 15) is 4.79 Å². The van der Waals surface area contributed by atoms with Gasteiger partial charge < -0.3 is 9.47 Å². The topological polar surface area (TPSA) is 38.8 Å². The third-order valence-electron chi connectivity index (χ3n) is 4.22. The highest BCUT2D eigenvalue weighted by Crippen LogP contribution is 2.31. The van der Waals surface area contributed by atoms with Gasteiger partial charge in [-0.05, 0) is 36.7 Å². The monoisotopic (exact) mass is 273 g/mol. The van der Waals surface area contributed by atoms with Gasteiger partial charge in [0.2, 0.25) is 0 Å². The van der Waals surface area contributed by atoms with Crippen LogP contribution >= 0.6 is 0 Å². The van der Waals surface area contributed by atoms with E-state index in [4.69, 9.17) is 9.47 Å². The second kappa shape index (κ2) is 5.38. The molecule has 106 valence electrons. The summed E-state index contributed by atoms with van der Waals surface area (Å²) in [5.41, 5.74) is 3.12. The van der Waals surface area contributed by atoms with Crippen LogP contribution in [0.15, 0.2) is 30.3 Å². The summed E-state index contributed by atoms with van der Waals surface area (Å²) < 4.78 is 10.3. The molecule has 4 heteroatoms. The average Bonchev–Trinajstić information content (AvgIpc) is 2.46. The minimum Gasteiger partial charge on any atom is -0.465 e. The van der Waals surface area contributed by atoms with Crippen LogP contribution in [0, 0.1) is 0 Å². The van der Waals surface area contributed by atoms with Gasteiger partial charge in [0.1, 0.15) is 0 Å². The van der Waals surface area contributed by atoms with Crippen LogP contribution in [0.4, 0.5) is 0 Å². The zero-order chi connectivity index (χ0) is 14.1. The van der Waals surface area contributed by atoms with E-state index in [-0.39, 0.29) is 5.97 Å². The van der Waals surface area contributed by atoms with Crippen molar-refractivity contribution in [2.45, 2.75) is 18.5 Å². The van der Waals surface area contributed by atoms with Crippen LogP contribution in [0.1, 0.15) is 22.3 Å². The summed E-state index contributed by atoms with van der Waals surface area (Å²) >= 11 is 0. The number of fused-ring (bicyclic) bond motifs is 2. The van der Waals surface area contributed by atoms with Crippen LogP contribution in [-0.2, 0) is 9.47 Å². The summed E-state index contributed by atoms with van der Waals surface area (Å²) in [6, 6.07) is 8.46. The lowest BCUT2D eigenvalue weighted by Gasteiger charge is -2.42. The molecule has 20 heavy (non-hydrogen) atoms. The van der Waals surface area contributed by atoms with Gasteiger partial charge in [-0.3, -0.25) is 4.90 Å². The summed E-state index contributed by atoms with van der Waals surface area (Å²) in [6.45, 7) is 1.56. The zero-order valence-corrected chi connectivity index (χ0v) is 11.8. The quantitative estimate of drug-likeness (QED) is 0.772. The average molecular weight is 273 g/mol. The van der Waals surface area contributed by atoms with Crippen molar-refractivity contribution in [3.8, 4) is 0 Å². The molecule has 1 aromatic rings. The van der Waals surface area contributed by atoms with E-state index in [1.165, 1.54) is 18.2 Å². The van der Waals surface area contributed by atoms with Gasteiger partial charge >= 0.3 is 5.97 Å². The van der Waals surface area contributed by atoms with E-state index < -0.39 is 0 Å². The van der Waals surface area contributed by atoms with Crippen molar-refractivity contribution in [2.24, 2.45) is 0 Å². The Morgan fingerprint density at radius 3 is 2.70 bits per heavy atom. The van der Waals surface area contributed by atoms with Crippen LogP contribution in [-0.4, -0.2) is 50.3 Å². The number of morpholine rings is 1. The molecule has 1 saturated heterocycles. The molecule has 0 spiro atoms. The number of benzene rings is 1. The highest BCUT2D eigenvalue weighted by Gasteiger charge is 2.32. The molecule has 4 nitrogen and oxygen atoms in total. The van der Waals surface area contributed by atoms with Crippen molar-refractivity contribution < 1.29 is 14.3 Å². The van der Waals surface area contributed by atoms with Crippen LogP contribution in [0.2, 0.25) is 0 Å². The van der Waals surface area contributed by atoms with Crippen molar-refractivity contribution >= 4 is 11.5 Å². The van der Waals surface area contributed by atoms with Gasteiger partial charge in [0.15, 0.2) is 0 Å². The molecule has 1 fully saturated rings. The van der Waals surface area contributed by atoms with Crippen molar-refractivity contribution in [3.63, 3.8) is 0 Å². The number of hydrogen-bond donors (Lipinski definition) is 0. The molecule has 1 aromatic carbocycles. The Morgan fingerprint density at radius 1 is 1.30 bits per heavy atom. The molecule has 2 aliphatic heterocycles. The summed E-state index contributed by atoms with van der Waals surface area (Å²) in [5, 5.41) is 0. The lowest BCUT2D eigenvalue weighted by molar-refractivity contribution is -0.0221. The molecule has 0 aromatic heterocycles. The second-order valence-corrected chi connectivity index (χ2v) is 5.39. The van der Waals surface area contributed by atoms with Crippen molar-refractivity contribution in [1.82, 2.24) is 4.90 Å². The maximum absolute atomic E-state index is 11.4. The highest BCUT2D eigenvalue weighted by molar-refractivity contribution is 5.89. The smallest absolute Gasteiger partial charge is 0.337 e. The first-order chi connectivity index (χ1) is 9.69. The van der Waals surface area contributed by atoms with Gasteiger partial charge in [-0.1, -0.05) is 18.2 Å². The van der Waals surface area contributed by atoms with Crippen molar-refractivity contribution in [3.05, 3.63) is 41.5 Å². The molecule has 2 bridgehead atoms. The number of methoxy groups -OCH3 is 1. The summed E-state index contributed by atoms with van der Waals surface area (Å²) in [5.74, 6) is -0.292. The molecule has 2 unspecified atom stereocenters. The first-order valence-electron chi connectivity index (χ1n) is 6.88. The maximum Gasteiger partial charge on any atom is 0.337 e. The minimum atomic E-state index is -0.292. The van der Waals surface area contributed by atoms with Gasteiger partial charge in [-0.2, -0.15) is 0 Å². The molecule has 3 rings (SSSR count). The van der Waals surface area contributed by atoms with Gasteiger partial charge in [0.05, 0.1) is 31.9 Å².